The average Bonchev–Trinajstić information content (AvgIpc) is 2.94. The Morgan fingerprint density at radius 3 is 2.67 bits per heavy atom. The van der Waals surface area contributed by atoms with Crippen LogP contribution >= 0.6 is 23.1 Å². The van der Waals surface area contributed by atoms with E-state index in [1.54, 1.807) is 23.6 Å². The lowest BCUT2D eigenvalue weighted by molar-refractivity contribution is -0.113. The van der Waals surface area contributed by atoms with Gasteiger partial charge in [-0.05, 0) is 35.7 Å². The minimum Gasteiger partial charge on any atom is -0.465 e. The molecule has 0 aliphatic carbocycles. The van der Waals surface area contributed by atoms with Crippen LogP contribution in [0.5, 0.6) is 0 Å². The van der Waals surface area contributed by atoms with Crippen LogP contribution in [-0.4, -0.2) is 24.7 Å². The van der Waals surface area contributed by atoms with Crippen molar-refractivity contribution >= 4 is 40.7 Å². The smallest absolute Gasteiger partial charge is 0.350 e. The van der Waals surface area contributed by atoms with Crippen molar-refractivity contribution in [3.8, 4) is 0 Å². The van der Waals surface area contributed by atoms with Crippen molar-refractivity contribution in [2.45, 2.75) is 4.90 Å². The molecular formula is C14H12FNO3S2. The fourth-order valence-corrected chi connectivity index (χ4v) is 2.99. The van der Waals surface area contributed by atoms with E-state index in [1.807, 2.05) is 0 Å². The lowest BCUT2D eigenvalue weighted by Crippen LogP contribution is -2.15. The van der Waals surface area contributed by atoms with Crippen LogP contribution < -0.4 is 5.32 Å². The number of ether oxygens (including phenoxy) is 1. The summed E-state index contributed by atoms with van der Waals surface area (Å²) in [4.78, 5) is 24.5. The van der Waals surface area contributed by atoms with Gasteiger partial charge in [-0.3, -0.25) is 4.79 Å². The lowest BCUT2D eigenvalue weighted by Gasteiger charge is -2.05. The van der Waals surface area contributed by atoms with Gasteiger partial charge in [-0.1, -0.05) is 0 Å². The van der Waals surface area contributed by atoms with Crippen molar-refractivity contribution in [3.63, 3.8) is 0 Å². The van der Waals surface area contributed by atoms with E-state index >= 15 is 0 Å². The SMILES string of the molecule is COC(=O)c1sccc1NC(=O)CSc1ccc(F)cc1. The monoisotopic (exact) mass is 325 g/mol. The number of benzene rings is 1. The van der Waals surface area contributed by atoms with Crippen LogP contribution in [-0.2, 0) is 9.53 Å². The fourth-order valence-electron chi connectivity index (χ4n) is 1.52. The molecule has 0 aliphatic rings. The summed E-state index contributed by atoms with van der Waals surface area (Å²) in [5.74, 6) is -0.869. The maximum absolute atomic E-state index is 12.8. The Morgan fingerprint density at radius 1 is 1.29 bits per heavy atom. The van der Waals surface area contributed by atoms with E-state index in [0.29, 0.717) is 10.6 Å². The summed E-state index contributed by atoms with van der Waals surface area (Å²) in [6.45, 7) is 0. The number of carbonyl (C=O) groups excluding carboxylic acids is 2. The molecule has 110 valence electrons. The fraction of sp³-hybridized carbons (Fsp3) is 0.143. The Balaban J connectivity index is 1.92. The highest BCUT2D eigenvalue weighted by atomic mass is 32.2. The standard InChI is InChI=1S/C14H12FNO3S2/c1-19-14(18)13-11(6-7-20-13)16-12(17)8-21-10-4-2-9(15)3-5-10/h2-7H,8H2,1H3,(H,16,17). The zero-order valence-electron chi connectivity index (χ0n) is 11.1. The van der Waals surface area contributed by atoms with Crippen LogP contribution in [0.2, 0.25) is 0 Å². The first-order valence-corrected chi connectivity index (χ1v) is 7.80. The highest BCUT2D eigenvalue weighted by Gasteiger charge is 2.15. The van der Waals surface area contributed by atoms with Crippen molar-refractivity contribution in [2.24, 2.45) is 0 Å². The van der Waals surface area contributed by atoms with Crippen LogP contribution in [0.15, 0.2) is 40.6 Å². The molecule has 7 heteroatoms. The van der Waals surface area contributed by atoms with Gasteiger partial charge in [-0.2, -0.15) is 0 Å². The Bertz CT molecular complexity index is 640. The van der Waals surface area contributed by atoms with Crippen molar-refractivity contribution in [3.05, 3.63) is 46.4 Å². The van der Waals surface area contributed by atoms with Gasteiger partial charge in [0.15, 0.2) is 0 Å². The van der Waals surface area contributed by atoms with E-state index in [-0.39, 0.29) is 17.5 Å². The maximum Gasteiger partial charge on any atom is 0.350 e. The van der Waals surface area contributed by atoms with E-state index in [4.69, 9.17) is 0 Å². The topological polar surface area (TPSA) is 55.4 Å². The Morgan fingerprint density at radius 2 is 2.00 bits per heavy atom. The van der Waals surface area contributed by atoms with Gasteiger partial charge in [0.25, 0.3) is 0 Å². The predicted molar refractivity (Wildman–Crippen MR) is 81.4 cm³/mol. The summed E-state index contributed by atoms with van der Waals surface area (Å²) in [5.41, 5.74) is 0.441. The quantitative estimate of drug-likeness (QED) is 0.676. The van der Waals surface area contributed by atoms with Gasteiger partial charge in [0.05, 0.1) is 18.6 Å². The van der Waals surface area contributed by atoms with E-state index in [2.05, 4.69) is 10.1 Å². The van der Waals surface area contributed by atoms with E-state index in [9.17, 15) is 14.0 Å². The number of hydrogen-bond donors (Lipinski definition) is 1. The largest absolute Gasteiger partial charge is 0.465 e. The molecule has 0 spiro atoms. The number of hydrogen-bond acceptors (Lipinski definition) is 5. The molecule has 0 saturated heterocycles. The summed E-state index contributed by atoms with van der Waals surface area (Å²) >= 11 is 2.49. The van der Waals surface area contributed by atoms with Gasteiger partial charge in [-0.15, -0.1) is 23.1 Å². The second kappa shape index (κ2) is 7.24. The molecule has 1 N–H and O–H groups in total. The third-order valence-electron chi connectivity index (χ3n) is 2.49. The van der Waals surface area contributed by atoms with Crippen molar-refractivity contribution in [1.29, 1.82) is 0 Å². The first-order valence-electron chi connectivity index (χ1n) is 5.94. The maximum atomic E-state index is 12.8. The molecular weight excluding hydrogens is 313 g/mol. The van der Waals surface area contributed by atoms with Crippen LogP contribution in [0, 0.1) is 5.82 Å². The molecule has 21 heavy (non-hydrogen) atoms. The number of amides is 1. The number of thioether (sulfide) groups is 1. The molecule has 1 aromatic heterocycles. The number of halogens is 1. The first-order chi connectivity index (χ1) is 10.1. The summed E-state index contributed by atoms with van der Waals surface area (Å²) in [7, 11) is 1.29. The molecule has 1 aromatic carbocycles. The van der Waals surface area contributed by atoms with Crippen molar-refractivity contribution in [1.82, 2.24) is 0 Å². The number of esters is 1. The third-order valence-corrected chi connectivity index (χ3v) is 4.40. The Kier molecular flexibility index (Phi) is 5.35. The summed E-state index contributed by atoms with van der Waals surface area (Å²) in [5, 5.41) is 4.37. The van der Waals surface area contributed by atoms with Crippen LogP contribution in [0.25, 0.3) is 0 Å². The molecule has 0 bridgehead atoms. The normalized spacial score (nSPS) is 10.2. The highest BCUT2D eigenvalue weighted by molar-refractivity contribution is 8.00. The second-order valence-electron chi connectivity index (χ2n) is 3.95. The molecule has 0 saturated carbocycles. The van der Waals surface area contributed by atoms with Gasteiger partial charge in [0, 0.05) is 4.90 Å². The zero-order chi connectivity index (χ0) is 15.2. The number of anilines is 1. The minimum absolute atomic E-state index is 0.169. The van der Waals surface area contributed by atoms with Crippen LogP contribution in [0.1, 0.15) is 9.67 Å². The minimum atomic E-state index is -0.480. The molecule has 1 heterocycles. The average molecular weight is 325 g/mol. The number of methoxy groups -OCH3 is 1. The first kappa shape index (κ1) is 15.5. The van der Waals surface area contributed by atoms with Crippen LogP contribution in [0.4, 0.5) is 10.1 Å². The lowest BCUT2D eigenvalue weighted by atomic mass is 10.3. The number of thiophene rings is 1. The molecule has 0 atom stereocenters. The summed E-state index contributed by atoms with van der Waals surface area (Å²) in [6.07, 6.45) is 0. The van der Waals surface area contributed by atoms with Crippen molar-refractivity contribution < 1.29 is 18.7 Å². The highest BCUT2D eigenvalue weighted by Crippen LogP contribution is 2.24. The van der Waals surface area contributed by atoms with E-state index < -0.39 is 5.97 Å². The molecule has 0 fully saturated rings. The Labute approximate surface area is 129 Å². The number of nitrogens with one attached hydrogen (secondary N) is 1. The van der Waals surface area contributed by atoms with Gasteiger partial charge in [0.2, 0.25) is 5.91 Å². The predicted octanol–water partition coefficient (Wildman–Crippen LogP) is 3.40. The molecule has 4 nitrogen and oxygen atoms in total. The molecule has 1 amide bonds. The second-order valence-corrected chi connectivity index (χ2v) is 5.91. The molecule has 0 radical (unpaired) electrons. The molecule has 2 aromatic rings. The molecule has 0 unspecified atom stereocenters. The van der Waals surface area contributed by atoms with E-state index in [0.717, 1.165) is 4.90 Å². The summed E-state index contributed by atoms with van der Waals surface area (Å²) in [6, 6.07) is 7.55. The zero-order valence-corrected chi connectivity index (χ0v) is 12.7. The van der Waals surface area contributed by atoms with E-state index in [1.165, 1.54) is 42.3 Å². The molecule has 0 aliphatic heterocycles. The Hall–Kier alpha value is -1.86. The van der Waals surface area contributed by atoms with Gasteiger partial charge >= 0.3 is 5.97 Å². The van der Waals surface area contributed by atoms with Gasteiger partial charge in [0.1, 0.15) is 10.7 Å². The summed E-state index contributed by atoms with van der Waals surface area (Å²) < 4.78 is 17.4. The number of rotatable bonds is 5. The van der Waals surface area contributed by atoms with Gasteiger partial charge < -0.3 is 10.1 Å². The van der Waals surface area contributed by atoms with Crippen molar-refractivity contribution in [2.75, 3.05) is 18.2 Å². The number of carbonyl (C=O) groups is 2. The molecule has 2 rings (SSSR count). The van der Waals surface area contributed by atoms with Gasteiger partial charge in [-0.25, -0.2) is 9.18 Å². The third kappa shape index (κ3) is 4.30. The van der Waals surface area contributed by atoms with Crippen LogP contribution in [0.3, 0.4) is 0 Å².